The maximum Gasteiger partial charge on any atom is 0.220 e. The molecule has 2 aliphatic rings. The zero-order valence-electron chi connectivity index (χ0n) is 37.7. The summed E-state index contributed by atoms with van der Waals surface area (Å²) in [6.07, 6.45) is 19.0. The van der Waals surface area contributed by atoms with Crippen LogP contribution in [0.3, 0.4) is 0 Å². The first kappa shape index (κ1) is 55.6. The van der Waals surface area contributed by atoms with Gasteiger partial charge in [-0.05, 0) is 44.9 Å². The number of aliphatic hydroxyl groups is 8. The lowest BCUT2D eigenvalue weighted by molar-refractivity contribution is -0.359. The lowest BCUT2D eigenvalue weighted by Crippen LogP contribution is -2.65. The zero-order chi connectivity index (χ0) is 44.7. The predicted molar refractivity (Wildman–Crippen MR) is 235 cm³/mol. The summed E-state index contributed by atoms with van der Waals surface area (Å²) < 4.78 is 22.7. The third kappa shape index (κ3) is 22.8. The normalized spacial score (nSPS) is 28.2. The molecule has 0 aromatic heterocycles. The Morgan fingerprint density at radius 2 is 1.08 bits per heavy atom. The van der Waals surface area contributed by atoms with E-state index < -0.39 is 86.8 Å². The summed E-state index contributed by atoms with van der Waals surface area (Å²) in [5.74, 6) is -0.218. The quantitative estimate of drug-likeness (QED) is 0.0285. The number of unbranched alkanes of at least 4 members (excludes halogenated alkanes) is 19. The molecular weight excluding hydrogens is 787 g/mol. The molecule has 0 radical (unpaired) electrons. The molecule has 2 rings (SSSR count). The molecule has 2 heterocycles. The lowest BCUT2D eigenvalue weighted by atomic mass is 9.97. The van der Waals surface area contributed by atoms with Crippen molar-refractivity contribution in [2.24, 2.45) is 0 Å². The molecule has 2 aliphatic heterocycles. The van der Waals surface area contributed by atoms with Gasteiger partial charge in [-0.15, -0.1) is 0 Å². The summed E-state index contributed by atoms with van der Waals surface area (Å²) in [4.78, 5) is 13.1. The van der Waals surface area contributed by atoms with E-state index in [1.54, 1.807) is 0 Å². The Hall–Kier alpha value is -1.53. The van der Waals surface area contributed by atoms with Gasteiger partial charge in [-0.25, -0.2) is 0 Å². The van der Waals surface area contributed by atoms with E-state index in [1.165, 1.54) is 83.5 Å². The van der Waals surface area contributed by atoms with Gasteiger partial charge in [-0.2, -0.15) is 0 Å². The number of carbonyl (C=O) groups is 1. The van der Waals surface area contributed by atoms with Crippen molar-refractivity contribution in [2.45, 2.75) is 248 Å². The number of hydrogen-bond acceptors (Lipinski definition) is 13. The molecule has 358 valence electrons. The molecule has 0 aromatic carbocycles. The number of hydrogen-bond donors (Lipinski definition) is 9. The van der Waals surface area contributed by atoms with E-state index in [4.69, 9.17) is 18.9 Å². The van der Waals surface area contributed by atoms with E-state index in [9.17, 15) is 45.6 Å². The van der Waals surface area contributed by atoms with Crippen molar-refractivity contribution in [3.8, 4) is 0 Å². The first-order valence-electron chi connectivity index (χ1n) is 24.1. The van der Waals surface area contributed by atoms with E-state index in [0.717, 1.165) is 57.8 Å². The monoisotopic (exact) mass is 874 g/mol. The Labute approximate surface area is 367 Å². The predicted octanol–water partition coefficient (Wildman–Crippen LogP) is 5.38. The van der Waals surface area contributed by atoms with Gasteiger partial charge in [0.25, 0.3) is 0 Å². The number of aliphatic hydroxyl groups excluding tert-OH is 8. The maximum absolute atomic E-state index is 13.1. The standard InChI is InChI=1S/C47H87NO13/c1-3-5-7-9-11-13-15-16-17-18-19-20-21-23-25-27-29-31-39(52)48-35(36(51)30-28-26-24-22-14-12-10-8-6-4-2)34-58-46-44(57)42(55)45(38(33-50)60-46)61-47-43(56)41(54)40(53)37(32-49)59-47/h11,13,16-17,35-38,40-47,49-51,53-57H,3-10,12,14-15,18-34H2,1-2H3,(H,48,52)/b13-11-,17-16-. The van der Waals surface area contributed by atoms with Crippen LogP contribution in [0.1, 0.15) is 174 Å². The fourth-order valence-electron chi connectivity index (χ4n) is 7.91. The van der Waals surface area contributed by atoms with E-state index in [-0.39, 0.29) is 12.5 Å². The summed E-state index contributed by atoms with van der Waals surface area (Å²) in [7, 11) is 0. The molecule has 2 fully saturated rings. The summed E-state index contributed by atoms with van der Waals surface area (Å²) in [6.45, 7) is 2.78. The topological polar surface area (TPSA) is 228 Å². The molecule has 0 spiro atoms. The Morgan fingerprint density at radius 1 is 0.590 bits per heavy atom. The summed E-state index contributed by atoms with van der Waals surface area (Å²) in [5.41, 5.74) is 0. The molecule has 0 saturated carbocycles. The van der Waals surface area contributed by atoms with Crippen LogP contribution in [-0.4, -0.2) is 140 Å². The van der Waals surface area contributed by atoms with Gasteiger partial charge >= 0.3 is 0 Å². The molecule has 9 N–H and O–H groups in total. The molecule has 14 heteroatoms. The first-order valence-corrected chi connectivity index (χ1v) is 24.1. The second-order valence-corrected chi connectivity index (χ2v) is 17.2. The minimum Gasteiger partial charge on any atom is -0.394 e. The van der Waals surface area contributed by atoms with Crippen molar-refractivity contribution in [3.63, 3.8) is 0 Å². The van der Waals surface area contributed by atoms with Crippen molar-refractivity contribution in [1.29, 1.82) is 0 Å². The van der Waals surface area contributed by atoms with Crippen LogP contribution in [0.5, 0.6) is 0 Å². The van der Waals surface area contributed by atoms with Crippen LogP contribution in [0, 0.1) is 0 Å². The highest BCUT2D eigenvalue weighted by Gasteiger charge is 2.51. The molecule has 1 amide bonds. The number of amides is 1. The van der Waals surface area contributed by atoms with Crippen molar-refractivity contribution in [2.75, 3.05) is 19.8 Å². The van der Waals surface area contributed by atoms with Crippen molar-refractivity contribution in [3.05, 3.63) is 24.3 Å². The van der Waals surface area contributed by atoms with E-state index >= 15 is 0 Å². The lowest BCUT2D eigenvalue weighted by Gasteiger charge is -2.46. The maximum atomic E-state index is 13.1. The van der Waals surface area contributed by atoms with Crippen LogP contribution < -0.4 is 5.32 Å². The van der Waals surface area contributed by atoms with Crippen molar-refractivity contribution in [1.82, 2.24) is 5.32 Å². The highest BCUT2D eigenvalue weighted by Crippen LogP contribution is 2.30. The highest BCUT2D eigenvalue weighted by molar-refractivity contribution is 5.76. The second kappa shape index (κ2) is 34.8. The number of nitrogens with one attached hydrogen (secondary N) is 1. The zero-order valence-corrected chi connectivity index (χ0v) is 37.7. The van der Waals surface area contributed by atoms with Gasteiger partial charge < -0.3 is 65.1 Å². The van der Waals surface area contributed by atoms with Gasteiger partial charge in [0, 0.05) is 6.42 Å². The van der Waals surface area contributed by atoms with Crippen molar-refractivity contribution >= 4 is 5.91 Å². The molecule has 0 aromatic rings. The van der Waals surface area contributed by atoms with Gasteiger partial charge in [-0.1, -0.05) is 147 Å². The smallest absolute Gasteiger partial charge is 0.220 e. The van der Waals surface area contributed by atoms with E-state index in [2.05, 4.69) is 43.5 Å². The Balaban J connectivity index is 1.84. The van der Waals surface area contributed by atoms with Gasteiger partial charge in [0.05, 0.1) is 32.0 Å². The van der Waals surface area contributed by atoms with Gasteiger partial charge in [-0.3, -0.25) is 4.79 Å². The molecule has 2 saturated heterocycles. The third-order valence-electron chi connectivity index (χ3n) is 11.9. The van der Waals surface area contributed by atoms with E-state index in [0.29, 0.717) is 19.3 Å². The largest absolute Gasteiger partial charge is 0.394 e. The first-order chi connectivity index (χ1) is 29.6. The minimum atomic E-state index is -1.78. The summed E-state index contributed by atoms with van der Waals surface area (Å²) >= 11 is 0. The van der Waals surface area contributed by atoms with Gasteiger partial charge in [0.1, 0.15) is 48.8 Å². The number of carbonyl (C=O) groups excluding carboxylic acids is 1. The van der Waals surface area contributed by atoms with Crippen molar-refractivity contribution < 1.29 is 64.6 Å². The molecule has 61 heavy (non-hydrogen) atoms. The van der Waals surface area contributed by atoms with Crippen LogP contribution in [0.2, 0.25) is 0 Å². The Bertz CT molecular complexity index is 1130. The van der Waals surface area contributed by atoms with E-state index in [1.807, 2.05) is 0 Å². The minimum absolute atomic E-state index is 0.218. The van der Waals surface area contributed by atoms with Crippen LogP contribution in [0.25, 0.3) is 0 Å². The Kier molecular flexibility index (Phi) is 31.7. The SMILES string of the molecule is CCCCC/C=C\C/C=C\CCCCCCCCCC(=O)NC(COC1OC(CO)C(OC2OC(CO)C(O)C(O)C2O)C(O)C1O)C(O)CCCCCCCCCCCC. The molecule has 14 nitrogen and oxygen atoms in total. The molecule has 12 unspecified atom stereocenters. The molecule has 0 bridgehead atoms. The average molecular weight is 874 g/mol. The van der Waals surface area contributed by atoms with Crippen LogP contribution >= 0.6 is 0 Å². The molecule has 0 aliphatic carbocycles. The van der Waals surface area contributed by atoms with Crippen LogP contribution in [0.15, 0.2) is 24.3 Å². The van der Waals surface area contributed by atoms with Crippen LogP contribution in [0.4, 0.5) is 0 Å². The summed E-state index contributed by atoms with van der Waals surface area (Å²) in [6, 6.07) is -0.828. The van der Waals surface area contributed by atoms with Gasteiger partial charge in [0.2, 0.25) is 5.91 Å². The van der Waals surface area contributed by atoms with Gasteiger partial charge in [0.15, 0.2) is 12.6 Å². The highest BCUT2D eigenvalue weighted by atomic mass is 16.7. The number of ether oxygens (including phenoxy) is 4. The van der Waals surface area contributed by atoms with Crippen LogP contribution in [-0.2, 0) is 23.7 Å². The second-order valence-electron chi connectivity index (χ2n) is 17.2. The number of allylic oxidation sites excluding steroid dienone is 4. The Morgan fingerprint density at radius 3 is 1.67 bits per heavy atom. The fourth-order valence-corrected chi connectivity index (χ4v) is 7.91. The third-order valence-corrected chi connectivity index (χ3v) is 11.9. The summed E-state index contributed by atoms with van der Waals surface area (Å²) in [5, 5.41) is 86.6. The number of rotatable bonds is 36. The average Bonchev–Trinajstić information content (AvgIpc) is 3.26. The molecule has 12 atom stereocenters. The fraction of sp³-hybridized carbons (Fsp3) is 0.894. The molecular formula is C47H87NO13.